The maximum absolute atomic E-state index is 6.76. The highest BCUT2D eigenvalue weighted by Gasteiger charge is 2.38. The van der Waals surface area contributed by atoms with Crippen LogP contribution < -0.4 is 32.3 Å². The number of para-hydroxylation sites is 3. The Bertz CT molecular complexity index is 1340. The van der Waals surface area contributed by atoms with Crippen molar-refractivity contribution < 1.29 is 0 Å². The van der Waals surface area contributed by atoms with Crippen LogP contribution in [0.3, 0.4) is 0 Å². The van der Waals surface area contributed by atoms with Crippen molar-refractivity contribution in [3.63, 3.8) is 0 Å². The Kier molecular flexibility index (Phi) is 6.11. The van der Waals surface area contributed by atoms with Gasteiger partial charge in [-0.25, -0.2) is 10.0 Å². The molecule has 1 heterocycles. The average Bonchev–Trinajstić information content (AvgIpc) is 2.92. The van der Waals surface area contributed by atoms with Gasteiger partial charge in [-0.2, -0.15) is 5.12 Å². The van der Waals surface area contributed by atoms with Gasteiger partial charge in [0.25, 0.3) is 0 Å². The lowest BCUT2D eigenvalue weighted by molar-refractivity contribution is 0.574. The molecule has 0 spiro atoms. The number of hydrogen-bond donors (Lipinski definition) is 3. The average molecular weight is 461 g/mol. The molecule has 6 nitrogen and oxygen atoms in total. The first-order valence-electron chi connectivity index (χ1n) is 11.5. The van der Waals surface area contributed by atoms with Gasteiger partial charge in [-0.3, -0.25) is 0 Å². The summed E-state index contributed by atoms with van der Waals surface area (Å²) in [5.41, 5.74) is 25.0. The molecule has 0 bridgehead atoms. The largest absolute Gasteiger partial charge is 0.396 e. The van der Waals surface area contributed by atoms with E-state index in [1.54, 1.807) is 0 Å². The number of nitrogens with two attached hydrogens (primary N) is 3. The monoisotopic (exact) mass is 460 g/mol. The molecular formula is C29H28N6. The smallest absolute Gasteiger partial charge is 0.148 e. The van der Waals surface area contributed by atoms with Gasteiger partial charge in [0.15, 0.2) is 0 Å². The lowest BCUT2D eigenvalue weighted by Gasteiger charge is -2.51. The molecular weight excluding hydrogens is 432 g/mol. The highest BCUT2D eigenvalue weighted by molar-refractivity contribution is 5.80. The van der Waals surface area contributed by atoms with Gasteiger partial charge in [0.05, 0.1) is 22.8 Å². The van der Waals surface area contributed by atoms with E-state index in [9.17, 15) is 0 Å². The Morgan fingerprint density at radius 3 is 1.80 bits per heavy atom. The van der Waals surface area contributed by atoms with E-state index in [1.165, 1.54) is 0 Å². The summed E-state index contributed by atoms with van der Waals surface area (Å²) in [6, 6.07) is 38.2. The quantitative estimate of drug-likeness (QED) is 0.368. The van der Waals surface area contributed by atoms with Crippen molar-refractivity contribution in [1.29, 1.82) is 0 Å². The summed E-state index contributed by atoms with van der Waals surface area (Å²) < 4.78 is 0. The van der Waals surface area contributed by atoms with Crippen molar-refractivity contribution in [1.82, 2.24) is 0 Å². The Morgan fingerprint density at radius 1 is 0.600 bits per heavy atom. The minimum absolute atomic E-state index is 0.390. The third-order valence-electron chi connectivity index (χ3n) is 5.93. The predicted octanol–water partition coefficient (Wildman–Crippen LogP) is 4.89. The minimum Gasteiger partial charge on any atom is -0.396 e. The normalized spacial score (nSPS) is 16.3. The van der Waals surface area contributed by atoms with Crippen LogP contribution in [0.2, 0.25) is 0 Å². The summed E-state index contributed by atoms with van der Waals surface area (Å²) in [6.07, 6.45) is 3.50. The summed E-state index contributed by atoms with van der Waals surface area (Å²) in [6.45, 7) is 0. The van der Waals surface area contributed by atoms with E-state index in [0.29, 0.717) is 11.5 Å². The molecule has 4 aromatic rings. The highest BCUT2D eigenvalue weighted by Crippen LogP contribution is 2.36. The van der Waals surface area contributed by atoms with Crippen molar-refractivity contribution in [2.45, 2.75) is 6.17 Å². The number of anilines is 3. The number of nitrogens with zero attached hydrogens (tertiary/aromatic N) is 3. The number of hydrazine groups is 2. The number of rotatable bonds is 5. The van der Waals surface area contributed by atoms with Gasteiger partial charge in [-0.1, -0.05) is 97.1 Å². The fraction of sp³-hybridized carbons (Fsp3) is 0.0345. The summed E-state index contributed by atoms with van der Waals surface area (Å²) in [7, 11) is 0. The van der Waals surface area contributed by atoms with Crippen LogP contribution in [0.5, 0.6) is 0 Å². The fourth-order valence-corrected chi connectivity index (χ4v) is 4.18. The van der Waals surface area contributed by atoms with Crippen molar-refractivity contribution in [3.05, 3.63) is 138 Å². The zero-order chi connectivity index (χ0) is 24.2. The summed E-state index contributed by atoms with van der Waals surface area (Å²) in [5.74, 6) is 0.390. The van der Waals surface area contributed by atoms with Crippen LogP contribution in [0.4, 0.5) is 17.1 Å². The summed E-state index contributed by atoms with van der Waals surface area (Å²) >= 11 is 0. The first-order valence-corrected chi connectivity index (χ1v) is 11.5. The molecule has 1 aliphatic rings. The Balaban J connectivity index is 1.68. The number of hydrogen-bond acceptors (Lipinski definition) is 6. The second-order valence-electron chi connectivity index (χ2n) is 8.21. The van der Waals surface area contributed by atoms with E-state index in [-0.39, 0.29) is 0 Å². The Labute approximate surface area is 205 Å². The third kappa shape index (κ3) is 4.30. The van der Waals surface area contributed by atoms with Crippen LogP contribution >= 0.6 is 0 Å². The molecule has 6 heteroatoms. The lowest BCUT2D eigenvalue weighted by atomic mass is 10.1. The maximum Gasteiger partial charge on any atom is 0.148 e. The molecule has 0 aliphatic carbocycles. The van der Waals surface area contributed by atoms with Gasteiger partial charge in [0.1, 0.15) is 12.0 Å². The van der Waals surface area contributed by atoms with Crippen LogP contribution in [-0.4, -0.2) is 6.17 Å². The van der Waals surface area contributed by atoms with Crippen LogP contribution in [0.15, 0.2) is 127 Å². The van der Waals surface area contributed by atoms with E-state index in [1.807, 2.05) is 112 Å². The molecule has 35 heavy (non-hydrogen) atoms. The molecule has 0 fully saturated rings. The van der Waals surface area contributed by atoms with Crippen molar-refractivity contribution in [3.8, 4) is 0 Å². The standard InChI is InChI=1S/C29H28N6/c30-27-28(31)33(24-15-6-2-7-16-24)35(25-17-8-3-9-18-25)34(29(27)32)26-19-11-10-14-23(26)21-20-22-12-4-1-5-13-22/h1-21,29H,30-32H2. The first kappa shape index (κ1) is 22.1. The molecule has 1 aliphatic heterocycles. The highest BCUT2D eigenvalue weighted by atomic mass is 15.9. The van der Waals surface area contributed by atoms with E-state index in [2.05, 4.69) is 30.4 Å². The molecule has 1 unspecified atom stereocenters. The maximum atomic E-state index is 6.76. The fourth-order valence-electron chi connectivity index (χ4n) is 4.18. The van der Waals surface area contributed by atoms with Gasteiger partial charge in [0.2, 0.25) is 0 Å². The zero-order valence-electron chi connectivity index (χ0n) is 19.3. The molecule has 4 aromatic carbocycles. The van der Waals surface area contributed by atoms with Crippen molar-refractivity contribution in [2.75, 3.05) is 15.1 Å². The SMILES string of the molecule is NC1=C(N)N(c2ccccc2)N(c2ccccc2)N(c2ccccc2C=Cc2ccccc2)C1N. The second-order valence-corrected chi connectivity index (χ2v) is 8.21. The summed E-state index contributed by atoms with van der Waals surface area (Å²) in [5, 5.41) is 5.87. The minimum atomic E-state index is -0.679. The Morgan fingerprint density at radius 2 is 1.14 bits per heavy atom. The first-order chi connectivity index (χ1) is 17.1. The third-order valence-corrected chi connectivity index (χ3v) is 5.93. The molecule has 1 atom stereocenters. The number of benzene rings is 4. The van der Waals surface area contributed by atoms with Crippen molar-refractivity contribution in [2.24, 2.45) is 17.2 Å². The van der Waals surface area contributed by atoms with Gasteiger partial charge in [0, 0.05) is 0 Å². The molecule has 0 amide bonds. The van der Waals surface area contributed by atoms with Crippen LogP contribution in [0, 0.1) is 0 Å². The van der Waals surface area contributed by atoms with Crippen LogP contribution in [0.25, 0.3) is 12.2 Å². The molecule has 0 aromatic heterocycles. The molecule has 174 valence electrons. The zero-order valence-corrected chi connectivity index (χ0v) is 19.3. The molecule has 0 radical (unpaired) electrons. The lowest BCUT2D eigenvalue weighted by Crippen LogP contribution is -2.67. The predicted molar refractivity (Wildman–Crippen MR) is 146 cm³/mol. The summed E-state index contributed by atoms with van der Waals surface area (Å²) in [4.78, 5) is 0. The van der Waals surface area contributed by atoms with E-state index < -0.39 is 6.17 Å². The van der Waals surface area contributed by atoms with Gasteiger partial charge in [-0.05, 0) is 41.5 Å². The molecule has 6 N–H and O–H groups in total. The van der Waals surface area contributed by atoms with E-state index in [0.717, 1.165) is 28.2 Å². The van der Waals surface area contributed by atoms with Crippen LogP contribution in [0.1, 0.15) is 11.1 Å². The molecule has 0 saturated carbocycles. The topological polar surface area (TPSA) is 87.8 Å². The van der Waals surface area contributed by atoms with Gasteiger partial charge >= 0.3 is 0 Å². The van der Waals surface area contributed by atoms with Crippen LogP contribution in [-0.2, 0) is 0 Å². The van der Waals surface area contributed by atoms with Gasteiger partial charge in [-0.15, -0.1) is 0 Å². The molecule has 5 rings (SSSR count). The van der Waals surface area contributed by atoms with Crippen molar-refractivity contribution >= 4 is 29.2 Å². The Hall–Kier alpha value is -4.68. The second kappa shape index (κ2) is 9.67. The molecule has 0 saturated heterocycles. The van der Waals surface area contributed by atoms with E-state index in [4.69, 9.17) is 17.2 Å². The van der Waals surface area contributed by atoms with Gasteiger partial charge < -0.3 is 17.2 Å². The van der Waals surface area contributed by atoms with E-state index >= 15 is 0 Å².